The van der Waals surface area contributed by atoms with Gasteiger partial charge in [0.15, 0.2) is 0 Å². The van der Waals surface area contributed by atoms with Crippen molar-refractivity contribution in [1.82, 2.24) is 0 Å². The smallest absolute Gasteiger partial charge is 0.267 e. The quantitative estimate of drug-likeness (QED) is 0.836. The standard InChI is InChI=1S/C21H22FN3O3S/c1-13-3-2-4-18-21(13)24(15-6-7-15)9-10-25(18)29(27,28)19-11-14-5-8-20(26)23-17(14)12-16(19)22/h2-4,11-12,15H,5-10H2,1H3,(H,23,26). The van der Waals surface area contributed by atoms with Gasteiger partial charge in [0.2, 0.25) is 5.91 Å². The van der Waals surface area contributed by atoms with Gasteiger partial charge in [-0.05, 0) is 55.5 Å². The molecule has 0 saturated heterocycles. The van der Waals surface area contributed by atoms with Crippen molar-refractivity contribution in [3.63, 3.8) is 0 Å². The van der Waals surface area contributed by atoms with Gasteiger partial charge < -0.3 is 10.2 Å². The summed E-state index contributed by atoms with van der Waals surface area (Å²) in [7, 11) is -4.08. The predicted molar refractivity (Wildman–Crippen MR) is 109 cm³/mol. The van der Waals surface area contributed by atoms with E-state index in [4.69, 9.17) is 0 Å². The molecule has 2 aliphatic heterocycles. The largest absolute Gasteiger partial charge is 0.365 e. The third-order valence-electron chi connectivity index (χ3n) is 5.93. The van der Waals surface area contributed by atoms with Gasteiger partial charge in [-0.3, -0.25) is 9.10 Å². The summed E-state index contributed by atoms with van der Waals surface area (Å²) in [5.74, 6) is -1.03. The highest BCUT2D eigenvalue weighted by atomic mass is 32.2. The van der Waals surface area contributed by atoms with Gasteiger partial charge in [0.25, 0.3) is 10.0 Å². The monoisotopic (exact) mass is 415 g/mol. The summed E-state index contributed by atoms with van der Waals surface area (Å²) in [6.45, 7) is 2.85. The van der Waals surface area contributed by atoms with E-state index in [-0.39, 0.29) is 23.8 Å². The molecule has 8 heteroatoms. The first-order valence-electron chi connectivity index (χ1n) is 9.87. The summed E-state index contributed by atoms with van der Waals surface area (Å²) in [4.78, 5) is 13.5. The number of nitrogens with zero attached hydrogens (tertiary/aromatic N) is 2. The number of anilines is 3. The third-order valence-corrected chi connectivity index (χ3v) is 7.75. The molecule has 2 heterocycles. The number of amides is 1. The molecule has 29 heavy (non-hydrogen) atoms. The molecule has 1 N–H and O–H groups in total. The summed E-state index contributed by atoms with van der Waals surface area (Å²) in [5.41, 5.74) is 3.55. The van der Waals surface area contributed by atoms with E-state index >= 15 is 0 Å². The number of aryl methyl sites for hydroxylation is 2. The Balaban J connectivity index is 1.60. The van der Waals surface area contributed by atoms with Crippen molar-refractivity contribution in [2.24, 2.45) is 0 Å². The van der Waals surface area contributed by atoms with Crippen LogP contribution in [0.5, 0.6) is 0 Å². The second kappa shape index (κ2) is 6.45. The molecular formula is C21H22FN3O3S. The lowest BCUT2D eigenvalue weighted by Gasteiger charge is -2.39. The van der Waals surface area contributed by atoms with E-state index in [9.17, 15) is 17.6 Å². The van der Waals surface area contributed by atoms with Gasteiger partial charge in [-0.25, -0.2) is 12.8 Å². The zero-order chi connectivity index (χ0) is 20.3. The molecule has 1 aliphatic carbocycles. The van der Waals surface area contributed by atoms with Crippen LogP contribution in [0.3, 0.4) is 0 Å². The average Bonchev–Trinajstić information content (AvgIpc) is 3.51. The van der Waals surface area contributed by atoms with Crippen LogP contribution in [-0.2, 0) is 21.2 Å². The van der Waals surface area contributed by atoms with Crippen LogP contribution in [0.1, 0.15) is 30.4 Å². The van der Waals surface area contributed by atoms with Crippen LogP contribution < -0.4 is 14.5 Å². The number of hydrogen-bond acceptors (Lipinski definition) is 4. The van der Waals surface area contributed by atoms with Crippen molar-refractivity contribution in [1.29, 1.82) is 0 Å². The van der Waals surface area contributed by atoms with Gasteiger partial charge in [0.1, 0.15) is 10.7 Å². The van der Waals surface area contributed by atoms with Crippen LogP contribution >= 0.6 is 0 Å². The number of halogens is 1. The van der Waals surface area contributed by atoms with Gasteiger partial charge in [0, 0.05) is 24.7 Å². The first kappa shape index (κ1) is 18.4. The summed E-state index contributed by atoms with van der Waals surface area (Å²) in [6, 6.07) is 8.58. The zero-order valence-corrected chi connectivity index (χ0v) is 16.9. The number of rotatable bonds is 3. The molecule has 1 fully saturated rings. The van der Waals surface area contributed by atoms with Gasteiger partial charge in [-0.2, -0.15) is 0 Å². The number of nitrogens with one attached hydrogen (secondary N) is 1. The van der Waals surface area contributed by atoms with Crippen LogP contribution in [0, 0.1) is 12.7 Å². The van der Waals surface area contributed by atoms with E-state index in [0.717, 1.165) is 30.2 Å². The topological polar surface area (TPSA) is 69.7 Å². The molecule has 152 valence electrons. The Labute approximate surface area is 169 Å². The molecule has 6 nitrogen and oxygen atoms in total. The fourth-order valence-corrected chi connectivity index (χ4v) is 5.91. The molecule has 0 aromatic heterocycles. The van der Waals surface area contributed by atoms with E-state index in [0.29, 0.717) is 35.9 Å². The van der Waals surface area contributed by atoms with Crippen LogP contribution in [0.2, 0.25) is 0 Å². The molecule has 3 aliphatic rings. The first-order chi connectivity index (χ1) is 13.9. The lowest BCUT2D eigenvalue weighted by molar-refractivity contribution is -0.116. The van der Waals surface area contributed by atoms with E-state index < -0.39 is 15.8 Å². The van der Waals surface area contributed by atoms with Crippen molar-refractivity contribution in [2.45, 2.75) is 43.5 Å². The van der Waals surface area contributed by atoms with Gasteiger partial charge in [-0.1, -0.05) is 12.1 Å². The molecule has 0 unspecified atom stereocenters. The van der Waals surface area contributed by atoms with Crippen molar-refractivity contribution in [3.05, 3.63) is 47.3 Å². The Hall–Kier alpha value is -2.61. The van der Waals surface area contributed by atoms with E-state index in [1.54, 1.807) is 6.07 Å². The molecule has 2 aromatic rings. The highest BCUT2D eigenvalue weighted by molar-refractivity contribution is 7.92. The SMILES string of the molecule is Cc1cccc2c1N(C1CC1)CCN2S(=O)(=O)c1cc2c(cc1F)NC(=O)CC2. The Kier molecular flexibility index (Phi) is 4.10. The van der Waals surface area contributed by atoms with Crippen molar-refractivity contribution in [3.8, 4) is 0 Å². The molecule has 2 aromatic carbocycles. The van der Waals surface area contributed by atoms with Gasteiger partial charge in [-0.15, -0.1) is 0 Å². The minimum absolute atomic E-state index is 0.187. The van der Waals surface area contributed by atoms with Crippen LogP contribution in [0.25, 0.3) is 0 Å². The lowest BCUT2D eigenvalue weighted by atomic mass is 10.0. The van der Waals surface area contributed by atoms with Crippen LogP contribution in [0.15, 0.2) is 35.2 Å². The number of fused-ring (bicyclic) bond motifs is 2. The normalized spacial score (nSPS) is 18.9. The first-order valence-corrected chi connectivity index (χ1v) is 11.3. The van der Waals surface area contributed by atoms with Crippen molar-refractivity contribution in [2.75, 3.05) is 27.6 Å². The molecule has 5 rings (SSSR count). The number of hydrogen-bond donors (Lipinski definition) is 1. The Bertz CT molecular complexity index is 1130. The van der Waals surface area contributed by atoms with Crippen LogP contribution in [0.4, 0.5) is 21.5 Å². The zero-order valence-electron chi connectivity index (χ0n) is 16.1. The number of sulfonamides is 1. The lowest BCUT2D eigenvalue weighted by Crippen LogP contribution is -2.45. The highest BCUT2D eigenvalue weighted by Crippen LogP contribution is 2.44. The minimum atomic E-state index is -4.08. The maximum absolute atomic E-state index is 14.9. The second-order valence-electron chi connectivity index (χ2n) is 7.93. The van der Waals surface area contributed by atoms with Crippen molar-refractivity contribution >= 4 is 33.0 Å². The summed E-state index contributed by atoms with van der Waals surface area (Å²) in [6.07, 6.45) is 2.90. The molecule has 0 spiro atoms. The number of benzene rings is 2. The summed E-state index contributed by atoms with van der Waals surface area (Å²) >= 11 is 0. The maximum atomic E-state index is 14.9. The number of para-hydroxylation sites is 1. The van der Waals surface area contributed by atoms with Crippen molar-refractivity contribution < 1.29 is 17.6 Å². The minimum Gasteiger partial charge on any atom is -0.365 e. The highest BCUT2D eigenvalue weighted by Gasteiger charge is 2.39. The van der Waals surface area contributed by atoms with Crippen LogP contribution in [-0.4, -0.2) is 33.5 Å². The van der Waals surface area contributed by atoms with Gasteiger partial charge in [0.05, 0.1) is 17.9 Å². The van der Waals surface area contributed by atoms with Gasteiger partial charge >= 0.3 is 0 Å². The predicted octanol–water partition coefficient (Wildman–Crippen LogP) is 3.20. The fourth-order valence-electron chi connectivity index (χ4n) is 4.35. The fraction of sp³-hybridized carbons (Fsp3) is 0.381. The summed E-state index contributed by atoms with van der Waals surface area (Å²) < 4.78 is 43.2. The molecule has 0 atom stereocenters. The molecule has 0 bridgehead atoms. The molecule has 1 amide bonds. The number of carbonyl (C=O) groups is 1. The number of carbonyl (C=O) groups excluding carboxylic acids is 1. The van der Waals surface area contributed by atoms with E-state index in [2.05, 4.69) is 10.2 Å². The Morgan fingerprint density at radius 2 is 1.93 bits per heavy atom. The van der Waals surface area contributed by atoms with E-state index in [1.807, 2.05) is 19.1 Å². The molecule has 0 radical (unpaired) electrons. The Morgan fingerprint density at radius 3 is 2.69 bits per heavy atom. The average molecular weight is 415 g/mol. The molecule has 1 saturated carbocycles. The second-order valence-corrected chi connectivity index (χ2v) is 9.76. The third kappa shape index (κ3) is 2.97. The Morgan fingerprint density at radius 1 is 1.14 bits per heavy atom. The van der Waals surface area contributed by atoms with E-state index in [1.165, 1.54) is 10.4 Å². The summed E-state index contributed by atoms with van der Waals surface area (Å²) in [5, 5.41) is 2.61. The maximum Gasteiger partial charge on any atom is 0.267 e. The molecular weight excluding hydrogens is 393 g/mol.